The van der Waals surface area contributed by atoms with Gasteiger partial charge in [-0.3, -0.25) is 0 Å². The number of rotatable bonds is 3. The SMILES string of the molecule is Cc1ccnc(Cl)c1NC1CCCN(C(C)C)CC1. The third-order valence-corrected chi connectivity index (χ3v) is 4.24. The lowest BCUT2D eigenvalue weighted by molar-refractivity contribution is 0.230. The van der Waals surface area contributed by atoms with Crippen LogP contribution >= 0.6 is 11.6 Å². The molecule has 0 saturated carbocycles. The Morgan fingerprint density at radius 3 is 2.84 bits per heavy atom. The van der Waals surface area contributed by atoms with Crippen molar-refractivity contribution in [3.8, 4) is 0 Å². The standard InChI is InChI=1S/C15H24ClN3/c1-11(2)19-9-4-5-13(7-10-19)18-14-12(3)6-8-17-15(14)16/h6,8,11,13,18H,4-5,7,9-10H2,1-3H3. The maximum absolute atomic E-state index is 6.18. The lowest BCUT2D eigenvalue weighted by Crippen LogP contribution is -2.32. The summed E-state index contributed by atoms with van der Waals surface area (Å²) in [6.45, 7) is 8.99. The second kappa shape index (κ2) is 6.58. The van der Waals surface area contributed by atoms with E-state index >= 15 is 0 Å². The molecule has 0 amide bonds. The quantitative estimate of drug-likeness (QED) is 0.856. The molecule has 3 nitrogen and oxygen atoms in total. The molecular formula is C15H24ClN3. The largest absolute Gasteiger partial charge is 0.380 e. The van der Waals surface area contributed by atoms with Gasteiger partial charge in [0.1, 0.15) is 0 Å². The Balaban J connectivity index is 2.00. The van der Waals surface area contributed by atoms with Gasteiger partial charge in [-0.05, 0) is 58.2 Å². The summed E-state index contributed by atoms with van der Waals surface area (Å²) < 4.78 is 0. The molecule has 1 aliphatic heterocycles. The van der Waals surface area contributed by atoms with Gasteiger partial charge in [0.2, 0.25) is 0 Å². The minimum absolute atomic E-state index is 0.504. The van der Waals surface area contributed by atoms with Crippen molar-refractivity contribution in [3.05, 3.63) is 23.0 Å². The summed E-state index contributed by atoms with van der Waals surface area (Å²) in [5.74, 6) is 0. The maximum Gasteiger partial charge on any atom is 0.152 e. The average Bonchev–Trinajstić information content (AvgIpc) is 2.59. The fourth-order valence-electron chi connectivity index (χ4n) is 2.68. The number of nitrogens with zero attached hydrogens (tertiary/aromatic N) is 2. The molecule has 1 unspecified atom stereocenters. The molecule has 4 heteroatoms. The Morgan fingerprint density at radius 1 is 1.37 bits per heavy atom. The minimum atomic E-state index is 0.504. The number of hydrogen-bond donors (Lipinski definition) is 1. The lowest BCUT2D eigenvalue weighted by atomic mass is 10.1. The van der Waals surface area contributed by atoms with Crippen molar-refractivity contribution in [1.82, 2.24) is 9.88 Å². The smallest absolute Gasteiger partial charge is 0.152 e. The van der Waals surface area contributed by atoms with Crippen molar-refractivity contribution >= 4 is 17.3 Å². The molecule has 1 aromatic heterocycles. The van der Waals surface area contributed by atoms with Gasteiger partial charge in [0.05, 0.1) is 5.69 Å². The molecule has 2 heterocycles. The fraction of sp³-hybridized carbons (Fsp3) is 0.667. The van der Waals surface area contributed by atoms with E-state index in [0.29, 0.717) is 17.2 Å². The highest BCUT2D eigenvalue weighted by Crippen LogP contribution is 2.26. The number of halogens is 1. The van der Waals surface area contributed by atoms with E-state index in [9.17, 15) is 0 Å². The predicted molar refractivity (Wildman–Crippen MR) is 82.0 cm³/mol. The molecule has 1 aromatic rings. The van der Waals surface area contributed by atoms with Gasteiger partial charge in [0.15, 0.2) is 5.15 Å². The van der Waals surface area contributed by atoms with Crippen molar-refractivity contribution in [2.45, 2.75) is 52.1 Å². The number of anilines is 1. The van der Waals surface area contributed by atoms with Crippen LogP contribution in [-0.2, 0) is 0 Å². The zero-order valence-corrected chi connectivity index (χ0v) is 12.9. The number of aryl methyl sites for hydroxylation is 1. The fourth-order valence-corrected chi connectivity index (χ4v) is 2.94. The summed E-state index contributed by atoms with van der Waals surface area (Å²) in [6.07, 6.45) is 5.37. The summed E-state index contributed by atoms with van der Waals surface area (Å²) in [6, 6.07) is 3.15. The van der Waals surface area contributed by atoms with E-state index in [1.807, 2.05) is 6.07 Å². The maximum atomic E-state index is 6.18. The summed E-state index contributed by atoms with van der Waals surface area (Å²) >= 11 is 6.18. The van der Waals surface area contributed by atoms with E-state index in [4.69, 9.17) is 11.6 Å². The molecule has 0 aromatic carbocycles. The van der Waals surface area contributed by atoms with Crippen molar-refractivity contribution < 1.29 is 0 Å². The summed E-state index contributed by atoms with van der Waals surface area (Å²) in [5.41, 5.74) is 2.18. The Bertz CT molecular complexity index is 400. The molecule has 0 bridgehead atoms. The van der Waals surface area contributed by atoms with Crippen molar-refractivity contribution in [3.63, 3.8) is 0 Å². The first-order valence-corrected chi connectivity index (χ1v) is 7.57. The average molecular weight is 282 g/mol. The van der Waals surface area contributed by atoms with Crippen LogP contribution in [0, 0.1) is 6.92 Å². The first-order valence-electron chi connectivity index (χ1n) is 7.19. The molecule has 0 aliphatic carbocycles. The van der Waals surface area contributed by atoms with Gasteiger partial charge in [-0.25, -0.2) is 4.98 Å². The van der Waals surface area contributed by atoms with E-state index in [1.54, 1.807) is 6.20 Å². The normalized spacial score (nSPS) is 21.4. The second-order valence-electron chi connectivity index (χ2n) is 5.70. The zero-order chi connectivity index (χ0) is 13.8. The molecule has 106 valence electrons. The highest BCUT2D eigenvalue weighted by molar-refractivity contribution is 6.32. The minimum Gasteiger partial charge on any atom is -0.380 e. The van der Waals surface area contributed by atoms with Gasteiger partial charge in [-0.1, -0.05) is 11.6 Å². The molecule has 19 heavy (non-hydrogen) atoms. The molecule has 0 spiro atoms. The molecule has 1 fully saturated rings. The second-order valence-corrected chi connectivity index (χ2v) is 6.05. The highest BCUT2D eigenvalue weighted by Gasteiger charge is 2.19. The van der Waals surface area contributed by atoms with Crippen molar-refractivity contribution in [2.75, 3.05) is 18.4 Å². The van der Waals surface area contributed by atoms with Crippen LogP contribution in [0.3, 0.4) is 0 Å². The monoisotopic (exact) mass is 281 g/mol. The molecule has 0 radical (unpaired) electrons. The van der Waals surface area contributed by atoms with Crippen LogP contribution in [0.1, 0.15) is 38.7 Å². The van der Waals surface area contributed by atoms with E-state index < -0.39 is 0 Å². The van der Waals surface area contributed by atoms with Gasteiger partial charge in [-0.15, -0.1) is 0 Å². The Kier molecular flexibility index (Phi) is 5.06. The van der Waals surface area contributed by atoms with Crippen LogP contribution in [0.15, 0.2) is 12.3 Å². The molecule has 1 saturated heterocycles. The van der Waals surface area contributed by atoms with E-state index in [2.05, 4.69) is 36.0 Å². The number of nitrogens with one attached hydrogen (secondary N) is 1. The number of aromatic nitrogens is 1. The van der Waals surface area contributed by atoms with Gasteiger partial charge < -0.3 is 10.2 Å². The van der Waals surface area contributed by atoms with Gasteiger partial charge in [-0.2, -0.15) is 0 Å². The van der Waals surface area contributed by atoms with Crippen LogP contribution in [0.4, 0.5) is 5.69 Å². The molecule has 2 rings (SSSR count). The molecule has 1 atom stereocenters. The van der Waals surface area contributed by atoms with Crippen LogP contribution in [0.25, 0.3) is 0 Å². The van der Waals surface area contributed by atoms with Crippen LogP contribution in [-0.4, -0.2) is 35.1 Å². The third-order valence-electron chi connectivity index (χ3n) is 3.95. The van der Waals surface area contributed by atoms with Crippen LogP contribution < -0.4 is 5.32 Å². The number of likely N-dealkylation sites (tertiary alicyclic amines) is 1. The van der Waals surface area contributed by atoms with Gasteiger partial charge in [0.25, 0.3) is 0 Å². The third kappa shape index (κ3) is 3.83. The van der Waals surface area contributed by atoms with Gasteiger partial charge in [0, 0.05) is 24.8 Å². The molecule has 1 aliphatic rings. The van der Waals surface area contributed by atoms with Gasteiger partial charge >= 0.3 is 0 Å². The number of pyridine rings is 1. The topological polar surface area (TPSA) is 28.2 Å². The van der Waals surface area contributed by atoms with E-state index in [1.165, 1.54) is 31.4 Å². The molecular weight excluding hydrogens is 258 g/mol. The van der Waals surface area contributed by atoms with Crippen molar-refractivity contribution in [1.29, 1.82) is 0 Å². The van der Waals surface area contributed by atoms with Crippen LogP contribution in [0.2, 0.25) is 5.15 Å². The Morgan fingerprint density at radius 2 is 2.16 bits per heavy atom. The summed E-state index contributed by atoms with van der Waals surface area (Å²) in [4.78, 5) is 6.72. The van der Waals surface area contributed by atoms with E-state index in [0.717, 1.165) is 12.2 Å². The number of hydrogen-bond acceptors (Lipinski definition) is 3. The van der Waals surface area contributed by atoms with Crippen molar-refractivity contribution in [2.24, 2.45) is 0 Å². The first kappa shape index (κ1) is 14.6. The van der Waals surface area contributed by atoms with Crippen LogP contribution in [0.5, 0.6) is 0 Å². The predicted octanol–water partition coefficient (Wildman–Crippen LogP) is 3.72. The Labute approximate surface area is 121 Å². The van der Waals surface area contributed by atoms with E-state index in [-0.39, 0.29) is 0 Å². The lowest BCUT2D eigenvalue weighted by Gasteiger charge is -2.24. The summed E-state index contributed by atoms with van der Waals surface area (Å²) in [7, 11) is 0. The zero-order valence-electron chi connectivity index (χ0n) is 12.1. The molecule has 1 N–H and O–H groups in total. The Hall–Kier alpha value is -0.800. The summed E-state index contributed by atoms with van der Waals surface area (Å²) in [5, 5.41) is 4.18. The first-order chi connectivity index (χ1) is 9.08. The highest BCUT2D eigenvalue weighted by atomic mass is 35.5.